The largest absolute Gasteiger partial charge is 0.378 e. The van der Waals surface area contributed by atoms with Crippen LogP contribution in [0, 0.1) is 0 Å². The van der Waals surface area contributed by atoms with E-state index in [1.807, 2.05) is 24.3 Å². The Morgan fingerprint density at radius 1 is 0.929 bits per heavy atom. The highest BCUT2D eigenvalue weighted by Gasteiger charge is 2.36. The van der Waals surface area contributed by atoms with Crippen LogP contribution in [0.5, 0.6) is 0 Å². The average molecular weight is 402 g/mol. The van der Waals surface area contributed by atoms with Crippen LogP contribution < -0.4 is 0 Å². The lowest BCUT2D eigenvalue weighted by atomic mass is 10.2. The van der Waals surface area contributed by atoms with E-state index in [-0.39, 0.29) is 11.8 Å². The summed E-state index contributed by atoms with van der Waals surface area (Å²) < 4.78 is 10.7. The number of fused-ring (bicyclic) bond motifs is 1. The molecule has 2 aliphatic heterocycles. The normalized spacial score (nSPS) is 17.9. The quantitative estimate of drug-likeness (QED) is 0.553. The number of benzene rings is 1. The van der Waals surface area contributed by atoms with Crippen molar-refractivity contribution in [3.8, 4) is 0 Å². The predicted octanol–water partition coefficient (Wildman–Crippen LogP) is 0.808. The Hall–Kier alpha value is -2.23. The van der Waals surface area contributed by atoms with Gasteiger partial charge in [-0.3, -0.25) is 9.59 Å². The second-order valence-electron chi connectivity index (χ2n) is 6.61. The van der Waals surface area contributed by atoms with Gasteiger partial charge in [0.05, 0.1) is 32.6 Å². The Kier molecular flexibility index (Phi) is 6.04. The maximum absolute atomic E-state index is 13.2. The summed E-state index contributed by atoms with van der Waals surface area (Å²) in [4.78, 5) is 29.9. The van der Waals surface area contributed by atoms with E-state index in [0.717, 1.165) is 10.8 Å². The van der Waals surface area contributed by atoms with Crippen molar-refractivity contribution < 1.29 is 19.1 Å². The fraction of sp³-hybridized carbons (Fsp3) is 0.474. The minimum atomic E-state index is -0.892. The van der Waals surface area contributed by atoms with Crippen LogP contribution >= 0.6 is 11.8 Å². The fourth-order valence-electron chi connectivity index (χ4n) is 3.31. The monoisotopic (exact) mass is 402 g/mol. The third-order valence-electron chi connectivity index (χ3n) is 4.86. The molecule has 0 spiro atoms. The maximum Gasteiger partial charge on any atom is 0.245 e. The van der Waals surface area contributed by atoms with Crippen molar-refractivity contribution >= 4 is 34.3 Å². The number of carbonyl (C=O) groups excluding carboxylic acids is 2. The Bertz CT molecular complexity index is 817. The molecule has 9 heteroatoms. The Balaban J connectivity index is 1.63. The van der Waals surface area contributed by atoms with E-state index in [2.05, 4.69) is 10.2 Å². The summed E-state index contributed by atoms with van der Waals surface area (Å²) in [6, 6.07) is 7.71. The minimum Gasteiger partial charge on any atom is -0.378 e. The number of morpholine rings is 2. The third-order valence-corrected chi connectivity index (χ3v) is 6.02. The molecule has 2 amide bonds. The zero-order chi connectivity index (χ0) is 19.3. The molecule has 0 atom stereocenters. The summed E-state index contributed by atoms with van der Waals surface area (Å²) in [7, 11) is 0. The first-order valence-corrected chi connectivity index (χ1v) is 10.2. The van der Waals surface area contributed by atoms with Crippen molar-refractivity contribution in [2.24, 2.45) is 0 Å². The number of carbonyl (C=O) groups is 2. The highest BCUT2D eigenvalue weighted by Crippen LogP contribution is 2.30. The summed E-state index contributed by atoms with van der Waals surface area (Å²) in [5, 5.41) is 9.78. The second kappa shape index (κ2) is 8.85. The number of aromatic nitrogens is 2. The van der Waals surface area contributed by atoms with E-state index in [1.54, 1.807) is 16.0 Å². The van der Waals surface area contributed by atoms with Crippen LogP contribution in [-0.2, 0) is 19.1 Å². The molecule has 0 bridgehead atoms. The number of thioether (sulfide) groups is 1. The lowest BCUT2D eigenvalue weighted by molar-refractivity contribution is -0.144. The van der Waals surface area contributed by atoms with Crippen molar-refractivity contribution in [1.29, 1.82) is 0 Å². The molecule has 0 saturated carbocycles. The molecule has 1 aromatic heterocycles. The molecule has 1 aromatic carbocycles. The number of hydrogen-bond acceptors (Lipinski definition) is 7. The van der Waals surface area contributed by atoms with Gasteiger partial charge < -0.3 is 19.3 Å². The molecule has 0 unspecified atom stereocenters. The van der Waals surface area contributed by atoms with E-state index in [0.29, 0.717) is 57.6 Å². The summed E-state index contributed by atoms with van der Waals surface area (Å²) in [5.41, 5.74) is 0. The molecule has 0 N–H and O–H groups in total. The first-order valence-electron chi connectivity index (χ1n) is 9.34. The van der Waals surface area contributed by atoms with Crippen molar-refractivity contribution in [3.05, 3.63) is 30.5 Å². The number of hydrogen-bond donors (Lipinski definition) is 0. The van der Waals surface area contributed by atoms with E-state index in [1.165, 1.54) is 11.8 Å². The summed E-state index contributed by atoms with van der Waals surface area (Å²) in [6.07, 6.45) is 1.68. The molecule has 2 saturated heterocycles. The van der Waals surface area contributed by atoms with Crippen molar-refractivity contribution in [3.63, 3.8) is 0 Å². The Morgan fingerprint density at radius 3 is 2.11 bits per heavy atom. The van der Waals surface area contributed by atoms with Gasteiger partial charge in [0.15, 0.2) is 5.25 Å². The molecule has 0 aliphatic carbocycles. The molecule has 28 heavy (non-hydrogen) atoms. The molecular weight excluding hydrogens is 380 g/mol. The number of amides is 2. The van der Waals surface area contributed by atoms with Gasteiger partial charge >= 0.3 is 0 Å². The van der Waals surface area contributed by atoms with Gasteiger partial charge in [-0.25, -0.2) is 0 Å². The second-order valence-corrected chi connectivity index (χ2v) is 7.70. The van der Waals surface area contributed by atoms with Crippen LogP contribution in [0.2, 0.25) is 0 Å². The lowest BCUT2D eigenvalue weighted by Crippen LogP contribution is -2.52. The number of ether oxygens (including phenoxy) is 2. The topological polar surface area (TPSA) is 84.9 Å². The molecule has 2 fully saturated rings. The zero-order valence-corrected chi connectivity index (χ0v) is 16.3. The van der Waals surface area contributed by atoms with Crippen LogP contribution in [0.3, 0.4) is 0 Å². The Labute approximate surface area is 167 Å². The first-order chi connectivity index (χ1) is 13.7. The van der Waals surface area contributed by atoms with Gasteiger partial charge in [0.1, 0.15) is 5.03 Å². The SMILES string of the molecule is O=C(C(Sc1nncc2ccccc12)C(=O)N1CCOCC1)N1CCOCC1. The fourth-order valence-corrected chi connectivity index (χ4v) is 4.44. The highest BCUT2D eigenvalue weighted by molar-refractivity contribution is 8.01. The molecule has 4 rings (SSSR count). The van der Waals surface area contributed by atoms with Crippen LogP contribution in [0.4, 0.5) is 0 Å². The van der Waals surface area contributed by atoms with Gasteiger partial charge in [0.25, 0.3) is 0 Å². The van der Waals surface area contributed by atoms with E-state index >= 15 is 0 Å². The third kappa shape index (κ3) is 4.11. The standard InChI is InChI=1S/C19H22N4O4S/c24-18(22-5-9-26-10-6-22)16(19(25)23-7-11-27-12-8-23)28-17-15-4-2-1-3-14(15)13-20-21-17/h1-4,13,16H,5-12H2. The van der Waals surface area contributed by atoms with Crippen molar-refractivity contribution in [1.82, 2.24) is 20.0 Å². The molecular formula is C19H22N4O4S. The van der Waals surface area contributed by atoms with Crippen molar-refractivity contribution in [2.45, 2.75) is 10.3 Å². The Morgan fingerprint density at radius 2 is 1.50 bits per heavy atom. The van der Waals surface area contributed by atoms with E-state index in [9.17, 15) is 9.59 Å². The van der Waals surface area contributed by atoms with Crippen LogP contribution in [-0.4, -0.2) is 89.7 Å². The average Bonchev–Trinajstić information content (AvgIpc) is 2.78. The summed E-state index contributed by atoms with van der Waals surface area (Å²) >= 11 is 1.18. The molecule has 2 aliphatic rings. The van der Waals surface area contributed by atoms with Gasteiger partial charge in [-0.15, -0.1) is 5.10 Å². The van der Waals surface area contributed by atoms with Crippen molar-refractivity contribution in [2.75, 3.05) is 52.6 Å². The summed E-state index contributed by atoms with van der Waals surface area (Å²) in [5.74, 6) is -0.390. The minimum absolute atomic E-state index is 0.195. The smallest absolute Gasteiger partial charge is 0.245 e. The molecule has 148 valence electrons. The molecule has 3 heterocycles. The highest BCUT2D eigenvalue weighted by atomic mass is 32.2. The van der Waals surface area contributed by atoms with Gasteiger partial charge in [-0.2, -0.15) is 5.10 Å². The molecule has 2 aromatic rings. The first kappa shape index (κ1) is 19.1. The van der Waals surface area contributed by atoms with Gasteiger partial charge in [0.2, 0.25) is 11.8 Å². The number of rotatable bonds is 4. The molecule has 0 radical (unpaired) electrons. The van der Waals surface area contributed by atoms with Gasteiger partial charge in [-0.1, -0.05) is 36.0 Å². The van der Waals surface area contributed by atoms with E-state index < -0.39 is 5.25 Å². The van der Waals surface area contributed by atoms with Crippen LogP contribution in [0.1, 0.15) is 0 Å². The lowest BCUT2D eigenvalue weighted by Gasteiger charge is -2.33. The molecule has 8 nitrogen and oxygen atoms in total. The maximum atomic E-state index is 13.2. The predicted molar refractivity (Wildman–Crippen MR) is 104 cm³/mol. The number of nitrogens with zero attached hydrogens (tertiary/aromatic N) is 4. The van der Waals surface area contributed by atoms with Crippen LogP contribution in [0.15, 0.2) is 35.5 Å². The summed E-state index contributed by atoms with van der Waals surface area (Å²) in [6.45, 7) is 3.93. The van der Waals surface area contributed by atoms with Gasteiger partial charge in [0, 0.05) is 37.0 Å². The van der Waals surface area contributed by atoms with Crippen LogP contribution in [0.25, 0.3) is 10.8 Å². The zero-order valence-electron chi connectivity index (χ0n) is 15.5. The van der Waals surface area contributed by atoms with E-state index in [4.69, 9.17) is 9.47 Å². The van der Waals surface area contributed by atoms with Gasteiger partial charge in [-0.05, 0) is 0 Å².